The van der Waals surface area contributed by atoms with Gasteiger partial charge in [-0.05, 0) is 42.7 Å². The van der Waals surface area contributed by atoms with Crippen LogP contribution in [0.3, 0.4) is 0 Å². The largest absolute Gasteiger partial charge is 0.457 e. The van der Waals surface area contributed by atoms with Gasteiger partial charge in [0.2, 0.25) is 0 Å². The lowest BCUT2D eigenvalue weighted by Gasteiger charge is -2.19. The first-order valence-corrected chi connectivity index (χ1v) is 11.3. The molecule has 0 radical (unpaired) electrons. The molecule has 1 N–H and O–H groups in total. The van der Waals surface area contributed by atoms with Gasteiger partial charge < -0.3 is 14.8 Å². The summed E-state index contributed by atoms with van der Waals surface area (Å²) < 4.78 is 10.9. The minimum atomic E-state index is -0.772. The van der Waals surface area contributed by atoms with Crippen molar-refractivity contribution in [2.75, 3.05) is 0 Å². The Morgan fingerprint density at radius 2 is 1.73 bits per heavy atom. The van der Waals surface area contributed by atoms with Crippen molar-refractivity contribution in [3.63, 3.8) is 0 Å². The highest BCUT2D eigenvalue weighted by Crippen LogP contribution is 2.32. The Hall–Kier alpha value is -3.45. The summed E-state index contributed by atoms with van der Waals surface area (Å²) in [6.45, 7) is 0.116. The molecule has 1 amide bonds. The Bertz CT molecular complexity index is 1120. The van der Waals surface area contributed by atoms with Crippen molar-refractivity contribution in [2.45, 2.75) is 38.6 Å². The molecule has 8 heteroatoms. The van der Waals surface area contributed by atoms with Crippen LogP contribution in [0.2, 0.25) is 5.15 Å². The van der Waals surface area contributed by atoms with Gasteiger partial charge in [0, 0.05) is 24.5 Å². The highest BCUT2D eigenvalue weighted by Gasteiger charge is 2.24. The quantitative estimate of drug-likeness (QED) is 0.359. The summed E-state index contributed by atoms with van der Waals surface area (Å²) in [7, 11) is 0. The van der Waals surface area contributed by atoms with Crippen molar-refractivity contribution < 1.29 is 19.1 Å². The molecule has 2 aromatic carbocycles. The lowest BCUT2D eigenvalue weighted by molar-refractivity contribution is -0.143. The Labute approximate surface area is 197 Å². The van der Waals surface area contributed by atoms with E-state index in [1.54, 1.807) is 18.3 Å². The Morgan fingerprint density at radius 1 is 0.970 bits per heavy atom. The van der Waals surface area contributed by atoms with Crippen LogP contribution in [-0.2, 0) is 16.1 Å². The van der Waals surface area contributed by atoms with Crippen molar-refractivity contribution in [2.24, 2.45) is 5.92 Å². The number of esters is 1. The molecule has 33 heavy (non-hydrogen) atoms. The van der Waals surface area contributed by atoms with Crippen LogP contribution in [0.15, 0.2) is 60.9 Å². The minimum absolute atomic E-state index is 0.116. The molecule has 7 nitrogen and oxygen atoms in total. The molecule has 0 saturated heterocycles. The summed E-state index contributed by atoms with van der Waals surface area (Å²) in [6.07, 6.45) is 6.90. The van der Waals surface area contributed by atoms with Crippen LogP contribution in [0, 0.1) is 5.92 Å². The number of nitrogens with one attached hydrogen (secondary N) is 1. The first-order valence-electron chi connectivity index (χ1n) is 10.9. The minimum Gasteiger partial charge on any atom is -0.457 e. The van der Waals surface area contributed by atoms with E-state index in [1.807, 2.05) is 36.4 Å². The second-order valence-electron chi connectivity index (χ2n) is 7.83. The highest BCUT2D eigenvalue weighted by molar-refractivity contribution is 6.31. The van der Waals surface area contributed by atoms with Crippen molar-refractivity contribution >= 4 is 23.7 Å². The number of carbonyl (C=O) groups is 2. The van der Waals surface area contributed by atoms with Crippen molar-refractivity contribution in [3.8, 4) is 22.8 Å². The molecule has 0 atom stereocenters. The van der Waals surface area contributed by atoms with Crippen LogP contribution in [0.1, 0.15) is 37.7 Å². The lowest BCUT2D eigenvalue weighted by atomic mass is 9.89. The van der Waals surface area contributed by atoms with Crippen LogP contribution in [0.5, 0.6) is 11.5 Å². The van der Waals surface area contributed by atoms with Crippen molar-refractivity contribution in [1.82, 2.24) is 15.3 Å². The SMILES string of the molecule is O=C(NCc1ccc(Oc2ccccc2)cc1-c1nccnc1Cl)OC(=O)C1CCCCC1. The summed E-state index contributed by atoms with van der Waals surface area (Å²) in [5.41, 5.74) is 1.83. The number of aromatic nitrogens is 2. The van der Waals surface area contributed by atoms with Crippen LogP contribution >= 0.6 is 11.6 Å². The van der Waals surface area contributed by atoms with Gasteiger partial charge in [-0.25, -0.2) is 9.78 Å². The zero-order chi connectivity index (χ0) is 23.0. The van der Waals surface area contributed by atoms with E-state index in [0.717, 1.165) is 37.7 Å². The second-order valence-corrected chi connectivity index (χ2v) is 8.18. The van der Waals surface area contributed by atoms with Crippen LogP contribution in [0.4, 0.5) is 4.79 Å². The summed E-state index contributed by atoms with van der Waals surface area (Å²) in [6, 6.07) is 14.8. The molecule has 0 aliphatic heterocycles. The smallest absolute Gasteiger partial charge is 0.415 e. The van der Waals surface area contributed by atoms with E-state index in [4.69, 9.17) is 21.1 Å². The van der Waals surface area contributed by atoms with Gasteiger partial charge in [0.1, 0.15) is 17.2 Å². The molecule has 0 unspecified atom stereocenters. The first-order chi connectivity index (χ1) is 16.1. The predicted molar refractivity (Wildman–Crippen MR) is 124 cm³/mol. The van der Waals surface area contributed by atoms with Gasteiger partial charge in [-0.2, -0.15) is 0 Å². The summed E-state index contributed by atoms with van der Waals surface area (Å²) in [4.78, 5) is 32.9. The fourth-order valence-electron chi connectivity index (χ4n) is 3.84. The summed E-state index contributed by atoms with van der Waals surface area (Å²) in [5, 5.41) is 2.88. The van der Waals surface area contributed by atoms with Gasteiger partial charge in [-0.15, -0.1) is 0 Å². The number of alkyl carbamates (subject to hydrolysis) is 1. The molecular weight excluding hydrogens is 442 g/mol. The standard InChI is InChI=1S/C25H24ClN3O4/c26-23-22(27-13-14-28-23)21-15-20(32-19-9-5-2-6-10-19)12-11-18(21)16-29-25(31)33-24(30)17-7-3-1-4-8-17/h2,5-6,9-15,17H,1,3-4,7-8,16H2,(H,29,31). The predicted octanol–water partition coefficient (Wildman–Crippen LogP) is 5.92. The van der Waals surface area contributed by atoms with Gasteiger partial charge >= 0.3 is 12.1 Å². The van der Waals surface area contributed by atoms with E-state index in [-0.39, 0.29) is 17.6 Å². The van der Waals surface area contributed by atoms with Crippen molar-refractivity contribution in [1.29, 1.82) is 0 Å². The van der Waals surface area contributed by atoms with E-state index < -0.39 is 12.1 Å². The molecule has 0 bridgehead atoms. The normalized spacial score (nSPS) is 13.8. The number of carbonyl (C=O) groups excluding carboxylic acids is 2. The second kappa shape index (κ2) is 10.9. The maximum Gasteiger partial charge on any atom is 0.415 e. The lowest BCUT2D eigenvalue weighted by Crippen LogP contribution is -2.30. The van der Waals surface area contributed by atoms with E-state index >= 15 is 0 Å². The molecule has 1 aliphatic carbocycles. The zero-order valence-electron chi connectivity index (χ0n) is 18.0. The first kappa shape index (κ1) is 22.7. The number of benzene rings is 2. The van der Waals surface area contributed by atoms with E-state index in [9.17, 15) is 9.59 Å². The summed E-state index contributed by atoms with van der Waals surface area (Å²) >= 11 is 6.29. The van der Waals surface area contributed by atoms with Crippen LogP contribution in [0.25, 0.3) is 11.3 Å². The highest BCUT2D eigenvalue weighted by atomic mass is 35.5. The average Bonchev–Trinajstić information content (AvgIpc) is 2.85. The Morgan fingerprint density at radius 3 is 2.48 bits per heavy atom. The topological polar surface area (TPSA) is 90.4 Å². The summed E-state index contributed by atoms with van der Waals surface area (Å²) in [5.74, 6) is 0.602. The van der Waals surface area contributed by atoms with Gasteiger partial charge in [0.25, 0.3) is 0 Å². The molecule has 1 fully saturated rings. The third-order valence-electron chi connectivity index (χ3n) is 5.52. The molecule has 3 aromatic rings. The molecular formula is C25H24ClN3O4. The number of halogens is 1. The average molecular weight is 466 g/mol. The van der Waals surface area contributed by atoms with Crippen LogP contribution < -0.4 is 10.1 Å². The number of hydrogen-bond donors (Lipinski definition) is 1. The molecule has 170 valence electrons. The fraction of sp³-hybridized carbons (Fsp3) is 0.280. The number of ether oxygens (including phenoxy) is 2. The number of hydrogen-bond acceptors (Lipinski definition) is 6. The molecule has 1 heterocycles. The monoisotopic (exact) mass is 465 g/mol. The van der Waals surface area contributed by atoms with Gasteiger partial charge in [0.05, 0.1) is 5.92 Å². The van der Waals surface area contributed by atoms with Crippen molar-refractivity contribution in [3.05, 3.63) is 71.6 Å². The zero-order valence-corrected chi connectivity index (χ0v) is 18.8. The van der Waals surface area contributed by atoms with Crippen LogP contribution in [-0.4, -0.2) is 22.0 Å². The number of amides is 1. The molecule has 1 aromatic heterocycles. The van der Waals surface area contributed by atoms with E-state index in [2.05, 4.69) is 15.3 Å². The number of nitrogens with zero attached hydrogens (tertiary/aromatic N) is 2. The molecule has 0 spiro atoms. The van der Waals surface area contributed by atoms with E-state index in [0.29, 0.717) is 22.8 Å². The molecule has 1 saturated carbocycles. The fourth-order valence-corrected chi connectivity index (χ4v) is 4.04. The van der Waals surface area contributed by atoms with Gasteiger partial charge in [0.15, 0.2) is 5.15 Å². The number of para-hydroxylation sites is 1. The Balaban J connectivity index is 1.50. The van der Waals surface area contributed by atoms with E-state index in [1.165, 1.54) is 6.20 Å². The third-order valence-corrected chi connectivity index (χ3v) is 5.80. The molecule has 4 rings (SSSR count). The van der Waals surface area contributed by atoms with Gasteiger partial charge in [-0.1, -0.05) is 55.1 Å². The maximum absolute atomic E-state index is 12.3. The Kier molecular flexibility index (Phi) is 7.52. The third kappa shape index (κ3) is 6.08. The number of rotatable bonds is 6. The van der Waals surface area contributed by atoms with Gasteiger partial charge in [-0.3, -0.25) is 9.78 Å². The molecule has 1 aliphatic rings. The maximum atomic E-state index is 12.3.